The van der Waals surface area contributed by atoms with Crippen molar-refractivity contribution in [2.24, 2.45) is 0 Å². The molecule has 2 N–H and O–H groups in total. The number of piperidine rings is 1. The van der Waals surface area contributed by atoms with Gasteiger partial charge in [0.05, 0.1) is 23.8 Å². The summed E-state index contributed by atoms with van der Waals surface area (Å²) in [4.78, 5) is 42.9. The molecule has 10 nitrogen and oxygen atoms in total. The van der Waals surface area contributed by atoms with Gasteiger partial charge in [0.25, 0.3) is 11.5 Å². The molecule has 0 bridgehead atoms. The molecule has 1 aliphatic heterocycles. The van der Waals surface area contributed by atoms with Crippen molar-refractivity contribution in [3.05, 3.63) is 124 Å². The zero-order valence-electron chi connectivity index (χ0n) is 27.0. The van der Waals surface area contributed by atoms with E-state index >= 15 is 4.39 Å². The first kappa shape index (κ1) is 33.3. The van der Waals surface area contributed by atoms with Gasteiger partial charge in [-0.05, 0) is 87.1 Å². The van der Waals surface area contributed by atoms with Gasteiger partial charge in [0, 0.05) is 49.0 Å². The van der Waals surface area contributed by atoms with E-state index < -0.39 is 28.9 Å². The van der Waals surface area contributed by atoms with Gasteiger partial charge >= 0.3 is 0 Å². The maximum Gasteiger partial charge on any atom is 0.266 e. The van der Waals surface area contributed by atoms with Crippen molar-refractivity contribution in [3.8, 4) is 0 Å². The van der Waals surface area contributed by atoms with Crippen LogP contribution in [0.1, 0.15) is 34.3 Å². The molecule has 0 saturated carbocycles. The number of hydrogen-bond donors (Lipinski definition) is 2. The number of benzene rings is 3. The Morgan fingerprint density at radius 2 is 1.80 bits per heavy atom. The highest BCUT2D eigenvalue weighted by molar-refractivity contribution is 5.93. The molecule has 3 aromatic carbocycles. The van der Waals surface area contributed by atoms with Gasteiger partial charge in [-0.1, -0.05) is 18.2 Å². The predicted molar refractivity (Wildman–Crippen MR) is 183 cm³/mol. The van der Waals surface area contributed by atoms with Crippen molar-refractivity contribution in [2.45, 2.75) is 25.4 Å². The zero-order valence-corrected chi connectivity index (χ0v) is 27.0. The van der Waals surface area contributed by atoms with Gasteiger partial charge in [-0.2, -0.15) is 0 Å². The van der Waals surface area contributed by atoms with Crippen LogP contribution in [0.2, 0.25) is 0 Å². The highest BCUT2D eigenvalue weighted by Gasteiger charge is 2.21. The van der Waals surface area contributed by atoms with E-state index in [1.165, 1.54) is 24.7 Å². The second-order valence-corrected chi connectivity index (χ2v) is 12.0. The topological polar surface area (TPSA) is 108 Å². The minimum atomic E-state index is -1.04. The number of amides is 1. The Morgan fingerprint density at radius 3 is 2.55 bits per heavy atom. The molecule has 1 aliphatic rings. The van der Waals surface area contributed by atoms with Crippen LogP contribution in [-0.2, 0) is 6.54 Å². The number of rotatable bonds is 10. The normalized spacial score (nSPS) is 14.0. The van der Waals surface area contributed by atoms with Crippen molar-refractivity contribution >= 4 is 40.2 Å². The van der Waals surface area contributed by atoms with E-state index in [1.54, 1.807) is 18.2 Å². The largest absolute Gasteiger partial charge is 0.372 e. The fourth-order valence-corrected chi connectivity index (χ4v) is 5.77. The molecule has 0 spiro atoms. The molecule has 2 aromatic heterocycles. The lowest BCUT2D eigenvalue weighted by molar-refractivity contribution is 0.0955. The van der Waals surface area contributed by atoms with Crippen LogP contribution in [-0.4, -0.2) is 70.1 Å². The third kappa shape index (κ3) is 7.78. The predicted octanol–water partition coefficient (Wildman–Crippen LogP) is 5.37. The SMILES string of the molecule is CN1CCC(N(C)c2ccc(Nc3ncc4c(F)c(C=CCNC(=O)c5cncn(Cc6ccc(F)c(F)c6)c5=O)ccc4n3)cc2)CC1. The summed E-state index contributed by atoms with van der Waals surface area (Å²) in [6, 6.07) is 15.1. The van der Waals surface area contributed by atoms with E-state index in [-0.39, 0.29) is 29.6 Å². The summed E-state index contributed by atoms with van der Waals surface area (Å²) < 4.78 is 43.3. The molecule has 252 valence electrons. The van der Waals surface area contributed by atoms with E-state index in [1.807, 2.05) is 12.1 Å². The van der Waals surface area contributed by atoms with Gasteiger partial charge in [0.2, 0.25) is 5.95 Å². The van der Waals surface area contributed by atoms with E-state index in [0.29, 0.717) is 23.1 Å². The molecule has 5 aromatic rings. The lowest BCUT2D eigenvalue weighted by Crippen LogP contribution is -2.41. The second kappa shape index (κ2) is 14.7. The van der Waals surface area contributed by atoms with E-state index in [4.69, 9.17) is 0 Å². The number of carbonyl (C=O) groups excluding carboxylic acids is 1. The van der Waals surface area contributed by atoms with Crippen LogP contribution < -0.4 is 21.1 Å². The van der Waals surface area contributed by atoms with E-state index in [9.17, 15) is 18.4 Å². The van der Waals surface area contributed by atoms with Gasteiger partial charge in [0.15, 0.2) is 11.6 Å². The van der Waals surface area contributed by atoms with Crippen molar-refractivity contribution in [1.29, 1.82) is 0 Å². The molecule has 49 heavy (non-hydrogen) atoms. The molecule has 0 radical (unpaired) electrons. The summed E-state index contributed by atoms with van der Waals surface area (Å²) in [5.74, 6) is -2.90. The molecule has 6 rings (SSSR count). The molecule has 1 fully saturated rings. The van der Waals surface area contributed by atoms with Gasteiger partial charge < -0.3 is 20.4 Å². The Balaban J connectivity index is 1.05. The first-order valence-corrected chi connectivity index (χ1v) is 15.8. The average Bonchev–Trinajstić information content (AvgIpc) is 3.10. The van der Waals surface area contributed by atoms with E-state index in [2.05, 4.69) is 61.6 Å². The average molecular weight is 669 g/mol. The second-order valence-electron chi connectivity index (χ2n) is 12.0. The summed E-state index contributed by atoms with van der Waals surface area (Å²) in [5.41, 5.74) is 2.10. The zero-order chi connectivity index (χ0) is 34.5. The molecule has 0 unspecified atom stereocenters. The Kier molecular flexibility index (Phi) is 10.00. The number of hydrogen-bond acceptors (Lipinski definition) is 8. The molecule has 1 saturated heterocycles. The standard InChI is InChI=1S/C36H35F3N8O2/c1-45-16-13-27(14-17-45)46(2)26-9-7-25(8-10-26)43-36-42-20-28-32(44-36)12-6-24(33(28)39)4-3-15-41-34(48)29-19-40-22-47(35(29)49)21-23-5-11-30(37)31(38)18-23/h3-12,18-20,22,27H,13-17,21H2,1-2H3,(H,41,48)(H,42,43,44). The van der Waals surface area contributed by atoms with Crippen molar-refractivity contribution < 1.29 is 18.0 Å². The summed E-state index contributed by atoms with van der Waals surface area (Å²) in [6.45, 7) is 2.09. The number of likely N-dealkylation sites (tertiary alicyclic amines) is 1. The van der Waals surface area contributed by atoms with Crippen molar-refractivity contribution in [2.75, 3.05) is 43.9 Å². The molecule has 0 aliphatic carbocycles. The lowest BCUT2D eigenvalue weighted by Gasteiger charge is -2.36. The Morgan fingerprint density at radius 1 is 1.02 bits per heavy atom. The molecule has 3 heterocycles. The summed E-state index contributed by atoms with van der Waals surface area (Å²) in [7, 11) is 4.28. The first-order valence-electron chi connectivity index (χ1n) is 15.8. The number of aromatic nitrogens is 4. The number of nitrogens with one attached hydrogen (secondary N) is 2. The van der Waals surface area contributed by atoms with E-state index in [0.717, 1.165) is 60.2 Å². The maximum atomic E-state index is 15.4. The van der Waals surface area contributed by atoms with Crippen LogP contribution in [0.5, 0.6) is 0 Å². The quantitative estimate of drug-likeness (QED) is 0.205. The van der Waals surface area contributed by atoms with Crippen LogP contribution in [0.4, 0.5) is 30.5 Å². The van der Waals surface area contributed by atoms with Crippen LogP contribution in [0, 0.1) is 17.5 Å². The third-order valence-electron chi connectivity index (χ3n) is 8.66. The minimum Gasteiger partial charge on any atom is -0.372 e. The molecule has 0 atom stereocenters. The minimum absolute atomic E-state index is 0.000241. The summed E-state index contributed by atoms with van der Waals surface area (Å²) in [5, 5.41) is 6.01. The number of carbonyl (C=O) groups is 1. The lowest BCUT2D eigenvalue weighted by atomic mass is 10.0. The van der Waals surface area contributed by atoms with Crippen LogP contribution in [0.25, 0.3) is 17.0 Å². The molecule has 1 amide bonds. The first-order chi connectivity index (χ1) is 23.7. The Hall–Kier alpha value is -5.56. The van der Waals surface area contributed by atoms with Gasteiger partial charge in [0.1, 0.15) is 11.4 Å². The number of fused-ring (bicyclic) bond motifs is 1. The van der Waals surface area contributed by atoms with Crippen LogP contribution in [0.15, 0.2) is 84.2 Å². The number of anilines is 3. The smallest absolute Gasteiger partial charge is 0.266 e. The number of nitrogens with zero attached hydrogens (tertiary/aromatic N) is 6. The van der Waals surface area contributed by atoms with Crippen molar-refractivity contribution in [1.82, 2.24) is 29.7 Å². The summed E-state index contributed by atoms with van der Waals surface area (Å²) in [6.07, 6.45) is 9.07. The molecule has 13 heteroatoms. The van der Waals surface area contributed by atoms with Gasteiger partial charge in [-0.3, -0.25) is 14.2 Å². The number of halogens is 3. The fraction of sp³-hybridized carbons (Fsp3) is 0.250. The fourth-order valence-electron chi connectivity index (χ4n) is 5.77. The van der Waals surface area contributed by atoms with Crippen molar-refractivity contribution in [3.63, 3.8) is 0 Å². The molecular formula is C36H35F3N8O2. The Labute approximate surface area is 280 Å². The highest BCUT2D eigenvalue weighted by Crippen LogP contribution is 2.26. The monoisotopic (exact) mass is 668 g/mol. The Bertz CT molecular complexity index is 2060. The van der Waals surface area contributed by atoms with Gasteiger partial charge in [-0.25, -0.2) is 28.1 Å². The highest BCUT2D eigenvalue weighted by atomic mass is 19.2. The van der Waals surface area contributed by atoms with Crippen LogP contribution >= 0.6 is 0 Å². The maximum absolute atomic E-state index is 15.4. The van der Waals surface area contributed by atoms with Gasteiger partial charge in [-0.15, -0.1) is 0 Å². The van der Waals surface area contributed by atoms with Crippen LogP contribution in [0.3, 0.4) is 0 Å². The third-order valence-corrected chi connectivity index (χ3v) is 8.66. The molecular weight excluding hydrogens is 633 g/mol. The summed E-state index contributed by atoms with van der Waals surface area (Å²) >= 11 is 0.